The van der Waals surface area contributed by atoms with E-state index in [1.54, 1.807) is 11.3 Å². The minimum Gasteiger partial charge on any atom is -0.303 e. The first-order valence-corrected chi connectivity index (χ1v) is 7.87. The molecule has 0 saturated carbocycles. The molecule has 2 nitrogen and oxygen atoms in total. The van der Waals surface area contributed by atoms with E-state index in [1.165, 1.54) is 35.3 Å². The summed E-state index contributed by atoms with van der Waals surface area (Å²) in [4.78, 5) is 5.72. The van der Waals surface area contributed by atoms with Crippen molar-refractivity contribution in [3.05, 3.63) is 51.5 Å². The van der Waals surface area contributed by atoms with E-state index in [0.717, 1.165) is 5.69 Å². The van der Waals surface area contributed by atoms with Crippen LogP contribution in [-0.4, -0.2) is 4.98 Å². The van der Waals surface area contributed by atoms with Gasteiger partial charge in [0, 0.05) is 17.0 Å². The number of nitrogens with zero attached hydrogens (tertiary/aromatic N) is 1. The van der Waals surface area contributed by atoms with Crippen molar-refractivity contribution in [3.8, 4) is 0 Å². The van der Waals surface area contributed by atoms with E-state index in [4.69, 9.17) is 0 Å². The van der Waals surface area contributed by atoms with E-state index >= 15 is 0 Å². The molecule has 1 aliphatic carbocycles. The molecule has 0 saturated heterocycles. The third-order valence-electron chi connectivity index (χ3n) is 4.00. The van der Waals surface area contributed by atoms with Crippen LogP contribution in [0.4, 0.5) is 0 Å². The lowest BCUT2D eigenvalue weighted by Gasteiger charge is -2.29. The summed E-state index contributed by atoms with van der Waals surface area (Å²) in [5.74, 6) is 0. The van der Waals surface area contributed by atoms with Crippen LogP contribution in [0.3, 0.4) is 0 Å². The molecule has 100 valence electrons. The van der Waals surface area contributed by atoms with Crippen molar-refractivity contribution in [2.75, 3.05) is 0 Å². The molecule has 2 aromatic rings. The van der Waals surface area contributed by atoms with Gasteiger partial charge >= 0.3 is 0 Å². The van der Waals surface area contributed by atoms with Gasteiger partial charge < -0.3 is 5.32 Å². The third-order valence-corrected chi connectivity index (χ3v) is 5.11. The molecule has 1 aromatic heterocycles. The fourth-order valence-electron chi connectivity index (χ4n) is 3.03. The summed E-state index contributed by atoms with van der Waals surface area (Å²) in [6, 6.07) is 9.72. The summed E-state index contributed by atoms with van der Waals surface area (Å²) >= 11 is 1.75. The maximum absolute atomic E-state index is 4.35. The van der Waals surface area contributed by atoms with Gasteiger partial charge in [-0.3, -0.25) is 0 Å². The normalized spacial score (nSPS) is 20.0. The van der Waals surface area contributed by atoms with E-state index in [1.807, 2.05) is 5.51 Å². The fourth-order valence-corrected chi connectivity index (χ4v) is 3.85. The van der Waals surface area contributed by atoms with Crippen LogP contribution in [0.25, 0.3) is 0 Å². The molecule has 0 aliphatic heterocycles. The molecule has 2 unspecified atom stereocenters. The van der Waals surface area contributed by atoms with E-state index < -0.39 is 0 Å². The SMILES string of the molecule is Cc1ncsc1C(C)NC1CCCc2ccccc21. The van der Waals surface area contributed by atoms with E-state index in [9.17, 15) is 0 Å². The summed E-state index contributed by atoms with van der Waals surface area (Å²) in [5.41, 5.74) is 6.11. The van der Waals surface area contributed by atoms with Gasteiger partial charge in [-0.05, 0) is 44.2 Å². The van der Waals surface area contributed by atoms with Gasteiger partial charge in [-0.1, -0.05) is 24.3 Å². The number of fused-ring (bicyclic) bond motifs is 1. The predicted octanol–water partition coefficient (Wildman–Crippen LogP) is 4.18. The number of rotatable bonds is 3. The number of aromatic nitrogens is 1. The van der Waals surface area contributed by atoms with Gasteiger partial charge in [0.1, 0.15) is 0 Å². The Hall–Kier alpha value is -1.19. The molecule has 0 amide bonds. The smallest absolute Gasteiger partial charge is 0.0798 e. The van der Waals surface area contributed by atoms with Gasteiger partial charge in [-0.15, -0.1) is 11.3 Å². The predicted molar refractivity (Wildman–Crippen MR) is 80.5 cm³/mol. The molecule has 2 atom stereocenters. The van der Waals surface area contributed by atoms with Crippen molar-refractivity contribution in [2.24, 2.45) is 0 Å². The first-order chi connectivity index (χ1) is 9.25. The van der Waals surface area contributed by atoms with Crippen molar-refractivity contribution in [1.82, 2.24) is 10.3 Å². The highest BCUT2D eigenvalue weighted by Gasteiger charge is 2.22. The molecule has 1 aromatic carbocycles. The van der Waals surface area contributed by atoms with Crippen molar-refractivity contribution in [2.45, 2.75) is 45.2 Å². The van der Waals surface area contributed by atoms with Crippen LogP contribution in [0.2, 0.25) is 0 Å². The summed E-state index contributed by atoms with van der Waals surface area (Å²) in [6.07, 6.45) is 3.74. The van der Waals surface area contributed by atoms with Crippen molar-refractivity contribution < 1.29 is 0 Å². The van der Waals surface area contributed by atoms with E-state index in [-0.39, 0.29) is 0 Å². The number of hydrogen-bond donors (Lipinski definition) is 1. The second kappa shape index (κ2) is 5.43. The third kappa shape index (κ3) is 2.58. The Morgan fingerprint density at radius 2 is 2.21 bits per heavy atom. The van der Waals surface area contributed by atoms with E-state index in [0.29, 0.717) is 12.1 Å². The molecule has 3 rings (SSSR count). The van der Waals surface area contributed by atoms with Gasteiger partial charge in [-0.2, -0.15) is 0 Å². The molecule has 0 bridgehead atoms. The lowest BCUT2D eigenvalue weighted by atomic mass is 9.87. The maximum Gasteiger partial charge on any atom is 0.0798 e. The van der Waals surface area contributed by atoms with Crippen LogP contribution in [0.15, 0.2) is 29.8 Å². The van der Waals surface area contributed by atoms with Crippen molar-refractivity contribution in [1.29, 1.82) is 0 Å². The molecule has 0 spiro atoms. The van der Waals surface area contributed by atoms with Crippen LogP contribution in [0.5, 0.6) is 0 Å². The Labute approximate surface area is 118 Å². The molecular weight excluding hydrogens is 252 g/mol. The minimum atomic E-state index is 0.378. The number of aryl methyl sites for hydroxylation is 2. The van der Waals surface area contributed by atoms with Crippen LogP contribution in [0.1, 0.15) is 53.5 Å². The number of nitrogens with one attached hydrogen (secondary N) is 1. The van der Waals surface area contributed by atoms with E-state index in [2.05, 4.69) is 48.4 Å². The van der Waals surface area contributed by atoms with Crippen molar-refractivity contribution in [3.63, 3.8) is 0 Å². The molecule has 1 N–H and O–H groups in total. The Morgan fingerprint density at radius 1 is 1.37 bits per heavy atom. The van der Waals surface area contributed by atoms with Crippen LogP contribution < -0.4 is 5.32 Å². The first kappa shape index (κ1) is 12.8. The molecular formula is C16H20N2S. The molecule has 1 heterocycles. The van der Waals surface area contributed by atoms with Gasteiger partial charge in [0.25, 0.3) is 0 Å². The average molecular weight is 272 g/mol. The van der Waals surface area contributed by atoms with Gasteiger partial charge in [0.15, 0.2) is 0 Å². The van der Waals surface area contributed by atoms with Crippen LogP contribution in [0, 0.1) is 6.92 Å². The fraction of sp³-hybridized carbons (Fsp3) is 0.438. The average Bonchev–Trinajstić information content (AvgIpc) is 2.85. The Balaban J connectivity index is 1.80. The topological polar surface area (TPSA) is 24.9 Å². The quantitative estimate of drug-likeness (QED) is 0.906. The standard InChI is InChI=1S/C16H20N2S/c1-11-16(19-10-17-11)12(2)18-15-9-5-7-13-6-3-4-8-14(13)15/h3-4,6,8,10,12,15,18H,5,7,9H2,1-2H3. The second-order valence-corrected chi connectivity index (χ2v) is 6.22. The first-order valence-electron chi connectivity index (χ1n) is 6.99. The maximum atomic E-state index is 4.35. The largest absolute Gasteiger partial charge is 0.303 e. The molecule has 1 aliphatic rings. The summed E-state index contributed by atoms with van der Waals surface area (Å²) in [6.45, 7) is 4.34. The molecule has 3 heteroatoms. The zero-order chi connectivity index (χ0) is 13.2. The lowest BCUT2D eigenvalue weighted by molar-refractivity contribution is 0.417. The number of benzene rings is 1. The second-order valence-electron chi connectivity index (χ2n) is 5.33. The Kier molecular flexibility index (Phi) is 3.67. The molecule has 19 heavy (non-hydrogen) atoms. The zero-order valence-corrected chi connectivity index (χ0v) is 12.3. The van der Waals surface area contributed by atoms with Gasteiger partial charge in [0.2, 0.25) is 0 Å². The Bertz CT molecular complexity index is 561. The highest BCUT2D eigenvalue weighted by molar-refractivity contribution is 7.09. The lowest BCUT2D eigenvalue weighted by Crippen LogP contribution is -2.27. The Morgan fingerprint density at radius 3 is 3.00 bits per heavy atom. The van der Waals surface area contributed by atoms with Crippen molar-refractivity contribution >= 4 is 11.3 Å². The molecule has 0 fully saturated rings. The number of hydrogen-bond acceptors (Lipinski definition) is 3. The zero-order valence-electron chi connectivity index (χ0n) is 11.5. The summed E-state index contributed by atoms with van der Waals surface area (Å²) in [7, 11) is 0. The van der Waals surface area contributed by atoms with Gasteiger partial charge in [-0.25, -0.2) is 4.98 Å². The van der Waals surface area contributed by atoms with Crippen LogP contribution >= 0.6 is 11.3 Å². The number of thiazole rings is 1. The minimum absolute atomic E-state index is 0.378. The highest BCUT2D eigenvalue weighted by Crippen LogP contribution is 2.32. The van der Waals surface area contributed by atoms with Gasteiger partial charge in [0.05, 0.1) is 11.2 Å². The highest BCUT2D eigenvalue weighted by atomic mass is 32.1. The summed E-state index contributed by atoms with van der Waals surface area (Å²) < 4.78 is 0. The van der Waals surface area contributed by atoms with Crippen LogP contribution in [-0.2, 0) is 6.42 Å². The molecule has 0 radical (unpaired) electrons. The monoisotopic (exact) mass is 272 g/mol. The summed E-state index contributed by atoms with van der Waals surface area (Å²) in [5, 5.41) is 3.79.